The number of carbonyl (C=O) groups is 1. The Morgan fingerprint density at radius 2 is 1.57 bits per heavy atom. The predicted molar refractivity (Wildman–Crippen MR) is 115 cm³/mol. The summed E-state index contributed by atoms with van der Waals surface area (Å²) in [6.45, 7) is 18.0. The van der Waals surface area contributed by atoms with E-state index in [0.29, 0.717) is 18.6 Å². The molecule has 9 heteroatoms. The molecule has 0 fully saturated rings. The van der Waals surface area contributed by atoms with Crippen LogP contribution in [-0.4, -0.2) is 29.0 Å². The van der Waals surface area contributed by atoms with Gasteiger partial charge in [0, 0.05) is 19.1 Å². The summed E-state index contributed by atoms with van der Waals surface area (Å²) in [7, 11) is -4.02. The van der Waals surface area contributed by atoms with Crippen LogP contribution in [0.1, 0.15) is 43.7 Å². The minimum Gasteiger partial charge on any atom is -0.461 e. The van der Waals surface area contributed by atoms with Crippen LogP contribution in [0, 0.1) is 0 Å². The molecule has 0 unspecified atom stereocenters. The van der Waals surface area contributed by atoms with Crippen molar-refractivity contribution in [2.75, 3.05) is 6.61 Å². The molecule has 28 heavy (non-hydrogen) atoms. The van der Waals surface area contributed by atoms with E-state index in [1.807, 2.05) is 19.6 Å². The van der Waals surface area contributed by atoms with Gasteiger partial charge in [0.05, 0.1) is 8.07 Å². The second-order valence-electron chi connectivity index (χ2n) is 9.60. The maximum atomic E-state index is 13.7. The number of hydrogen-bond donors (Lipinski definition) is 0. The summed E-state index contributed by atoms with van der Waals surface area (Å²) < 4.78 is 53.0. The summed E-state index contributed by atoms with van der Waals surface area (Å²) in [6, 6.07) is 0. The van der Waals surface area contributed by atoms with E-state index in [0.717, 1.165) is 15.8 Å². The topological polar surface area (TPSA) is 35.5 Å². The van der Waals surface area contributed by atoms with Crippen molar-refractivity contribution in [1.82, 2.24) is 0 Å². The van der Waals surface area contributed by atoms with Gasteiger partial charge in [-0.3, -0.25) is 4.79 Å². The Bertz CT molecular complexity index is 699. The fraction of sp³-hybridized carbons (Fsp3) is 0.737. The summed E-state index contributed by atoms with van der Waals surface area (Å²) >= 11 is 0.816. The van der Waals surface area contributed by atoms with Crippen molar-refractivity contribution in [2.24, 2.45) is 0 Å². The standard InChI is InChI=1S/C19H33F3O3SSi2/c1-13(23)24-12-15-14(10-11-25-28(8,9)18(2,3)4)17(27(5,6)7)26-16(15)19(20,21)22/h10-12H2,1-9H3. The molecule has 1 aromatic heterocycles. The van der Waals surface area contributed by atoms with E-state index in [4.69, 9.17) is 9.16 Å². The normalized spacial score (nSPS) is 13.7. The Balaban J connectivity index is 3.32. The minimum absolute atomic E-state index is 0.0287. The summed E-state index contributed by atoms with van der Waals surface area (Å²) in [5.41, 5.74) is 0.764. The van der Waals surface area contributed by atoms with Crippen LogP contribution in [0.3, 0.4) is 0 Å². The van der Waals surface area contributed by atoms with Gasteiger partial charge in [0.25, 0.3) is 0 Å². The number of rotatable bonds is 7. The molecule has 0 aliphatic carbocycles. The summed E-state index contributed by atoms with van der Waals surface area (Å²) in [4.78, 5) is 10.6. The summed E-state index contributed by atoms with van der Waals surface area (Å²) in [6.07, 6.45) is -4.07. The third-order valence-corrected chi connectivity index (χ3v) is 14.6. The van der Waals surface area contributed by atoms with Gasteiger partial charge in [-0.1, -0.05) is 40.4 Å². The average Bonchev–Trinajstić information content (AvgIpc) is 2.82. The zero-order valence-corrected chi connectivity index (χ0v) is 21.2. The molecule has 0 N–H and O–H groups in total. The summed E-state index contributed by atoms with van der Waals surface area (Å²) in [5.74, 6) is -0.586. The molecule has 0 amide bonds. The zero-order valence-electron chi connectivity index (χ0n) is 18.4. The molecule has 1 heterocycles. The van der Waals surface area contributed by atoms with Gasteiger partial charge in [0.2, 0.25) is 0 Å². The van der Waals surface area contributed by atoms with E-state index in [1.165, 1.54) is 6.92 Å². The highest BCUT2D eigenvalue weighted by Crippen LogP contribution is 2.40. The number of halogens is 3. The lowest BCUT2D eigenvalue weighted by molar-refractivity contribution is -0.144. The van der Waals surface area contributed by atoms with Gasteiger partial charge in [0.15, 0.2) is 8.32 Å². The van der Waals surface area contributed by atoms with Crippen LogP contribution in [-0.2, 0) is 33.2 Å². The van der Waals surface area contributed by atoms with Crippen LogP contribution in [0.25, 0.3) is 0 Å². The lowest BCUT2D eigenvalue weighted by Gasteiger charge is -2.36. The first-order chi connectivity index (χ1) is 12.4. The number of hydrogen-bond acceptors (Lipinski definition) is 4. The molecule has 1 rings (SSSR count). The highest BCUT2D eigenvalue weighted by Gasteiger charge is 2.41. The average molecular weight is 455 g/mol. The first kappa shape index (κ1) is 25.4. The first-order valence-electron chi connectivity index (χ1n) is 9.37. The molecule has 1 aromatic rings. The first-order valence-corrected chi connectivity index (χ1v) is 16.6. The number of thiophene rings is 1. The Kier molecular flexibility index (Phi) is 7.81. The fourth-order valence-electron chi connectivity index (χ4n) is 2.55. The fourth-order valence-corrected chi connectivity index (χ4v) is 7.28. The maximum absolute atomic E-state index is 13.7. The molecule has 0 saturated heterocycles. The van der Waals surface area contributed by atoms with Crippen LogP contribution < -0.4 is 4.50 Å². The van der Waals surface area contributed by atoms with E-state index in [-0.39, 0.29) is 17.2 Å². The molecular formula is C19H33F3O3SSi2. The van der Waals surface area contributed by atoms with Crippen LogP contribution in [0.15, 0.2) is 0 Å². The number of ether oxygens (including phenoxy) is 1. The SMILES string of the molecule is CC(=O)OCc1c(C(F)(F)F)sc([Si](C)(C)C)c1CCO[Si](C)(C)C(C)(C)C. The largest absolute Gasteiger partial charge is 0.461 e. The Labute approximate surface area is 172 Å². The lowest BCUT2D eigenvalue weighted by Crippen LogP contribution is -2.42. The molecule has 0 spiro atoms. The quantitative estimate of drug-likeness (QED) is 0.378. The maximum Gasteiger partial charge on any atom is 0.425 e. The van der Waals surface area contributed by atoms with Gasteiger partial charge in [-0.05, 0) is 34.6 Å². The second kappa shape index (κ2) is 8.61. The number of esters is 1. The Morgan fingerprint density at radius 3 is 1.96 bits per heavy atom. The molecule has 0 bridgehead atoms. The lowest BCUT2D eigenvalue weighted by atomic mass is 10.1. The van der Waals surface area contributed by atoms with E-state index in [2.05, 4.69) is 33.9 Å². The summed E-state index contributed by atoms with van der Waals surface area (Å²) in [5, 5.41) is 0.0287. The van der Waals surface area contributed by atoms with Gasteiger partial charge in [0.1, 0.15) is 11.5 Å². The molecule has 0 atom stereocenters. The van der Waals surface area contributed by atoms with Crippen LogP contribution in [0.2, 0.25) is 37.8 Å². The Hall–Kier alpha value is -0.646. The predicted octanol–water partition coefficient (Wildman–Crippen LogP) is 5.94. The van der Waals surface area contributed by atoms with E-state index in [9.17, 15) is 18.0 Å². The van der Waals surface area contributed by atoms with Crippen LogP contribution >= 0.6 is 11.3 Å². The zero-order chi connectivity index (χ0) is 22.1. The highest BCUT2D eigenvalue weighted by atomic mass is 32.1. The van der Waals surface area contributed by atoms with Crippen molar-refractivity contribution >= 4 is 38.2 Å². The van der Waals surface area contributed by atoms with Crippen molar-refractivity contribution in [3.8, 4) is 0 Å². The third kappa shape index (κ3) is 6.43. The van der Waals surface area contributed by atoms with E-state index in [1.54, 1.807) is 0 Å². The number of alkyl halides is 3. The van der Waals surface area contributed by atoms with Gasteiger partial charge >= 0.3 is 12.1 Å². The highest BCUT2D eigenvalue weighted by molar-refractivity contribution is 7.27. The van der Waals surface area contributed by atoms with Gasteiger partial charge in [-0.25, -0.2) is 0 Å². The molecule has 3 nitrogen and oxygen atoms in total. The van der Waals surface area contributed by atoms with E-state index >= 15 is 0 Å². The second-order valence-corrected chi connectivity index (χ2v) is 20.8. The van der Waals surface area contributed by atoms with Crippen molar-refractivity contribution in [3.05, 3.63) is 16.0 Å². The van der Waals surface area contributed by atoms with Crippen molar-refractivity contribution in [2.45, 2.75) is 84.7 Å². The van der Waals surface area contributed by atoms with Gasteiger partial charge in [-0.2, -0.15) is 13.2 Å². The minimum atomic E-state index is -4.47. The molecule has 0 aliphatic heterocycles. The molecule has 162 valence electrons. The third-order valence-electron chi connectivity index (χ3n) is 5.10. The monoisotopic (exact) mass is 454 g/mol. The Morgan fingerprint density at radius 1 is 1.04 bits per heavy atom. The van der Waals surface area contributed by atoms with Gasteiger partial charge in [-0.15, -0.1) is 11.3 Å². The van der Waals surface area contributed by atoms with E-state index < -0.39 is 33.4 Å². The van der Waals surface area contributed by atoms with Crippen molar-refractivity contribution in [3.63, 3.8) is 0 Å². The molecular weight excluding hydrogens is 421 g/mol. The van der Waals surface area contributed by atoms with Crippen LogP contribution in [0.5, 0.6) is 0 Å². The van der Waals surface area contributed by atoms with Crippen molar-refractivity contribution in [1.29, 1.82) is 0 Å². The molecule has 0 aromatic carbocycles. The van der Waals surface area contributed by atoms with Crippen LogP contribution in [0.4, 0.5) is 13.2 Å². The molecule has 0 aliphatic rings. The van der Waals surface area contributed by atoms with Crippen molar-refractivity contribution < 1.29 is 27.1 Å². The van der Waals surface area contributed by atoms with Gasteiger partial charge < -0.3 is 9.16 Å². The molecule has 0 saturated carbocycles. The smallest absolute Gasteiger partial charge is 0.425 e. The molecule has 0 radical (unpaired) electrons. The number of carbonyl (C=O) groups excluding carboxylic acids is 1.